The number of hydrogen-bond acceptors (Lipinski definition) is 4. The van der Waals surface area contributed by atoms with Crippen molar-refractivity contribution in [1.29, 1.82) is 0 Å². The average Bonchev–Trinajstić information content (AvgIpc) is 2.59. The molecular weight excluding hydrogens is 310 g/mol. The van der Waals surface area contributed by atoms with Crippen molar-refractivity contribution in [2.45, 2.75) is 83.5 Å². The van der Waals surface area contributed by atoms with E-state index in [0.29, 0.717) is 18.0 Å². The Morgan fingerprint density at radius 3 is 2.44 bits per heavy atom. The molecule has 4 heteroatoms. The molecule has 6 aliphatic rings. The van der Waals surface area contributed by atoms with E-state index in [0.717, 1.165) is 51.0 Å². The Bertz CT molecular complexity index is 545. The van der Waals surface area contributed by atoms with Gasteiger partial charge in [-0.2, -0.15) is 0 Å². The van der Waals surface area contributed by atoms with Crippen molar-refractivity contribution in [2.75, 3.05) is 26.2 Å². The number of carbonyl (C=O) groups is 1. The van der Waals surface area contributed by atoms with Crippen molar-refractivity contribution in [2.24, 2.45) is 16.7 Å². The van der Waals surface area contributed by atoms with E-state index in [1.807, 2.05) is 0 Å². The van der Waals surface area contributed by atoms with Crippen molar-refractivity contribution in [1.82, 2.24) is 15.1 Å². The summed E-state index contributed by atoms with van der Waals surface area (Å²) in [5.74, 6) is 1.51. The third kappa shape index (κ3) is 2.40. The van der Waals surface area contributed by atoms with E-state index in [1.54, 1.807) is 0 Å². The first-order valence-corrected chi connectivity index (χ1v) is 10.8. The molecule has 140 valence electrons. The van der Waals surface area contributed by atoms with Crippen LogP contribution in [0.1, 0.15) is 65.2 Å². The predicted molar refractivity (Wildman–Crippen MR) is 99.3 cm³/mol. The Morgan fingerprint density at radius 2 is 1.72 bits per heavy atom. The lowest BCUT2D eigenvalue weighted by atomic mass is 9.59. The van der Waals surface area contributed by atoms with E-state index in [9.17, 15) is 4.79 Å². The molecule has 1 saturated carbocycles. The molecule has 4 nitrogen and oxygen atoms in total. The average molecular weight is 346 g/mol. The van der Waals surface area contributed by atoms with Crippen LogP contribution in [0.2, 0.25) is 0 Å². The minimum atomic E-state index is -0.121. The lowest BCUT2D eigenvalue weighted by Gasteiger charge is -2.67. The summed E-state index contributed by atoms with van der Waals surface area (Å²) in [4.78, 5) is 18.6. The lowest BCUT2D eigenvalue weighted by Crippen LogP contribution is -2.81. The van der Waals surface area contributed by atoms with Crippen molar-refractivity contribution in [3.8, 4) is 0 Å². The molecule has 6 fully saturated rings. The normalized spacial score (nSPS) is 54.6. The maximum absolute atomic E-state index is 13.2. The Balaban J connectivity index is 1.38. The van der Waals surface area contributed by atoms with Gasteiger partial charge < -0.3 is 5.32 Å². The van der Waals surface area contributed by atoms with Crippen molar-refractivity contribution >= 4 is 5.78 Å². The van der Waals surface area contributed by atoms with Gasteiger partial charge in [0.25, 0.3) is 0 Å². The fraction of sp³-hybridized carbons (Fsp3) is 0.952. The second kappa shape index (κ2) is 5.77. The van der Waals surface area contributed by atoms with E-state index in [1.165, 1.54) is 38.5 Å². The monoisotopic (exact) mass is 345 g/mol. The molecule has 5 heterocycles. The summed E-state index contributed by atoms with van der Waals surface area (Å²) in [6.07, 6.45) is 11.1. The van der Waals surface area contributed by atoms with Gasteiger partial charge in [0.05, 0.1) is 17.0 Å². The van der Waals surface area contributed by atoms with Crippen molar-refractivity contribution in [3.05, 3.63) is 0 Å². The van der Waals surface area contributed by atoms with Gasteiger partial charge in [0.15, 0.2) is 0 Å². The fourth-order valence-corrected chi connectivity index (χ4v) is 7.44. The molecule has 6 rings (SSSR count). The Hall–Kier alpha value is -0.450. The smallest absolute Gasteiger partial charge is 0.150 e. The molecule has 5 atom stereocenters. The SMILES string of the molecule is CCCC12CN3CC(C)(CN(C1)C3C1CCC3CCCCC3N1)C2=O. The van der Waals surface area contributed by atoms with Crippen LogP contribution >= 0.6 is 0 Å². The second-order valence-corrected chi connectivity index (χ2v) is 10.1. The van der Waals surface area contributed by atoms with Crippen LogP contribution in [0.15, 0.2) is 0 Å². The number of carbonyl (C=O) groups excluding carboxylic acids is 1. The largest absolute Gasteiger partial charge is 0.308 e. The molecule has 4 bridgehead atoms. The summed E-state index contributed by atoms with van der Waals surface area (Å²) in [7, 11) is 0. The van der Waals surface area contributed by atoms with Crippen LogP contribution < -0.4 is 5.32 Å². The molecular formula is C21H35N3O. The van der Waals surface area contributed by atoms with E-state index >= 15 is 0 Å². The molecule has 5 aliphatic heterocycles. The molecule has 0 radical (unpaired) electrons. The minimum absolute atomic E-state index is 0.0709. The van der Waals surface area contributed by atoms with Crippen LogP contribution in [0, 0.1) is 16.7 Å². The number of hydrogen-bond donors (Lipinski definition) is 1. The minimum Gasteiger partial charge on any atom is -0.308 e. The summed E-state index contributed by atoms with van der Waals surface area (Å²) in [6.45, 7) is 8.49. The standard InChI is InChI=1S/C21H35N3O/c1-3-10-21-13-23-11-20(2,19(21)25)12-24(14-21)18(23)17-9-8-15-6-4-5-7-16(15)22-17/h15-18,22H,3-14H2,1-2H3. The predicted octanol–water partition coefficient (Wildman–Crippen LogP) is 2.63. The van der Waals surface area contributed by atoms with Gasteiger partial charge in [-0.1, -0.05) is 33.1 Å². The van der Waals surface area contributed by atoms with Crippen LogP contribution in [0.25, 0.3) is 0 Å². The van der Waals surface area contributed by atoms with Gasteiger partial charge in [0, 0.05) is 38.3 Å². The van der Waals surface area contributed by atoms with Gasteiger partial charge in [-0.3, -0.25) is 14.6 Å². The zero-order valence-corrected chi connectivity index (χ0v) is 16.1. The highest BCUT2D eigenvalue weighted by Gasteiger charge is 2.64. The van der Waals surface area contributed by atoms with E-state index < -0.39 is 0 Å². The van der Waals surface area contributed by atoms with E-state index in [-0.39, 0.29) is 10.8 Å². The molecule has 0 aromatic rings. The Morgan fingerprint density at radius 1 is 1.00 bits per heavy atom. The summed E-state index contributed by atoms with van der Waals surface area (Å²) in [6, 6.07) is 1.37. The van der Waals surface area contributed by atoms with Gasteiger partial charge in [-0.25, -0.2) is 0 Å². The second-order valence-electron chi connectivity index (χ2n) is 10.1. The number of piperidine rings is 3. The van der Waals surface area contributed by atoms with Gasteiger partial charge >= 0.3 is 0 Å². The van der Waals surface area contributed by atoms with Crippen LogP contribution in [-0.4, -0.2) is 60.0 Å². The zero-order chi connectivity index (χ0) is 17.2. The Labute approximate surface area is 152 Å². The third-order valence-electron chi connectivity index (χ3n) is 8.17. The first-order valence-electron chi connectivity index (χ1n) is 10.8. The fourth-order valence-electron chi connectivity index (χ4n) is 7.44. The number of fused-ring (bicyclic) bond motifs is 1. The number of rotatable bonds is 3. The number of ketones is 1. The van der Waals surface area contributed by atoms with E-state index in [4.69, 9.17) is 0 Å². The molecule has 1 aliphatic carbocycles. The molecule has 25 heavy (non-hydrogen) atoms. The molecule has 0 amide bonds. The quantitative estimate of drug-likeness (QED) is 0.853. The maximum atomic E-state index is 13.2. The molecule has 0 aromatic heterocycles. The van der Waals surface area contributed by atoms with Crippen LogP contribution in [0.3, 0.4) is 0 Å². The van der Waals surface area contributed by atoms with Crippen LogP contribution in [0.4, 0.5) is 0 Å². The highest BCUT2D eigenvalue weighted by molar-refractivity contribution is 5.93. The summed E-state index contributed by atoms with van der Waals surface area (Å²) in [5, 5.41) is 4.08. The highest BCUT2D eigenvalue weighted by atomic mass is 16.1. The first-order chi connectivity index (χ1) is 12.0. The van der Waals surface area contributed by atoms with Crippen LogP contribution in [0.5, 0.6) is 0 Å². The number of Topliss-reactive ketones (excluding diaryl/α,β-unsaturated/α-hetero) is 1. The Kier molecular flexibility index (Phi) is 3.86. The first kappa shape index (κ1) is 16.7. The van der Waals surface area contributed by atoms with Crippen molar-refractivity contribution < 1.29 is 4.79 Å². The molecule has 1 N–H and O–H groups in total. The van der Waals surface area contributed by atoms with Gasteiger partial charge in [0.2, 0.25) is 0 Å². The molecule has 0 spiro atoms. The molecule has 5 unspecified atom stereocenters. The maximum Gasteiger partial charge on any atom is 0.150 e. The van der Waals surface area contributed by atoms with Crippen LogP contribution in [-0.2, 0) is 4.79 Å². The van der Waals surface area contributed by atoms with Crippen molar-refractivity contribution in [3.63, 3.8) is 0 Å². The molecule has 0 aromatic carbocycles. The lowest BCUT2D eigenvalue weighted by molar-refractivity contribution is -0.206. The third-order valence-corrected chi connectivity index (χ3v) is 8.17. The topological polar surface area (TPSA) is 35.6 Å². The van der Waals surface area contributed by atoms with Gasteiger partial charge in [-0.05, 0) is 38.0 Å². The van der Waals surface area contributed by atoms with Gasteiger partial charge in [-0.15, -0.1) is 0 Å². The highest BCUT2D eigenvalue weighted by Crippen LogP contribution is 2.51. The van der Waals surface area contributed by atoms with Gasteiger partial charge in [0.1, 0.15) is 5.78 Å². The number of nitrogens with zero attached hydrogens (tertiary/aromatic N) is 2. The number of nitrogens with one attached hydrogen (secondary N) is 1. The zero-order valence-electron chi connectivity index (χ0n) is 16.1. The molecule has 5 saturated heterocycles. The summed E-state index contributed by atoms with van der Waals surface area (Å²) in [5.41, 5.74) is -0.192. The summed E-state index contributed by atoms with van der Waals surface area (Å²) >= 11 is 0. The van der Waals surface area contributed by atoms with E-state index in [2.05, 4.69) is 29.0 Å². The summed E-state index contributed by atoms with van der Waals surface area (Å²) < 4.78 is 0.